The lowest BCUT2D eigenvalue weighted by Gasteiger charge is -2.36. The van der Waals surface area contributed by atoms with Gasteiger partial charge >= 0.3 is 0 Å². The average Bonchev–Trinajstić information content (AvgIpc) is 3.63. The number of nitrogens with one attached hydrogen (secondary N) is 1. The Morgan fingerprint density at radius 3 is 2.56 bits per heavy atom. The highest BCUT2D eigenvalue weighted by Gasteiger charge is 2.31. The van der Waals surface area contributed by atoms with Crippen LogP contribution in [0.5, 0.6) is 5.75 Å². The third-order valence-corrected chi connectivity index (χ3v) is 6.28. The molecule has 8 nitrogen and oxygen atoms in total. The van der Waals surface area contributed by atoms with Crippen LogP contribution in [0.3, 0.4) is 0 Å². The molecule has 1 saturated carbocycles. The fourth-order valence-corrected chi connectivity index (χ4v) is 3.99. The summed E-state index contributed by atoms with van der Waals surface area (Å²) in [4.78, 5) is 41.6. The summed E-state index contributed by atoms with van der Waals surface area (Å²) in [7, 11) is 3.35. The number of amides is 3. The van der Waals surface area contributed by atoms with Crippen LogP contribution in [0.4, 0.5) is 5.69 Å². The second-order valence-corrected chi connectivity index (χ2v) is 8.97. The van der Waals surface area contributed by atoms with Gasteiger partial charge in [-0.2, -0.15) is 0 Å². The number of anilines is 1. The second kappa shape index (κ2) is 10.3. The van der Waals surface area contributed by atoms with E-state index in [9.17, 15) is 14.4 Å². The van der Waals surface area contributed by atoms with Crippen molar-refractivity contribution < 1.29 is 23.9 Å². The Labute approximate surface area is 190 Å². The number of carbonyl (C=O) groups is 3. The number of hydrogen-bond acceptors (Lipinski definition) is 5. The molecule has 1 aromatic rings. The molecule has 1 heterocycles. The van der Waals surface area contributed by atoms with Gasteiger partial charge in [-0.15, -0.1) is 0 Å². The molecule has 1 aliphatic carbocycles. The summed E-state index contributed by atoms with van der Waals surface area (Å²) >= 11 is 0. The summed E-state index contributed by atoms with van der Waals surface area (Å²) in [5.41, 5.74) is 0.954. The van der Waals surface area contributed by atoms with Crippen molar-refractivity contribution in [2.24, 2.45) is 11.8 Å². The summed E-state index contributed by atoms with van der Waals surface area (Å²) in [5, 5.41) is 2.90. The van der Waals surface area contributed by atoms with Crippen molar-refractivity contribution in [3.8, 4) is 5.75 Å². The highest BCUT2D eigenvalue weighted by molar-refractivity contribution is 6.00. The van der Waals surface area contributed by atoms with E-state index in [1.165, 1.54) is 0 Å². The van der Waals surface area contributed by atoms with Crippen molar-refractivity contribution in [2.45, 2.75) is 52.2 Å². The summed E-state index contributed by atoms with van der Waals surface area (Å²) in [6, 6.07) is 4.96. The van der Waals surface area contributed by atoms with Crippen molar-refractivity contribution in [3.63, 3.8) is 0 Å². The van der Waals surface area contributed by atoms with Gasteiger partial charge in [0, 0.05) is 51.2 Å². The minimum atomic E-state index is -0.232. The van der Waals surface area contributed by atoms with Gasteiger partial charge in [0.2, 0.25) is 11.8 Å². The molecule has 0 spiro atoms. The molecule has 0 saturated heterocycles. The quantitative estimate of drug-likeness (QED) is 0.770. The maximum atomic E-state index is 13.3. The van der Waals surface area contributed by atoms with Gasteiger partial charge in [-0.05, 0) is 38.0 Å². The maximum Gasteiger partial charge on any atom is 0.257 e. The molecule has 1 N–H and O–H groups in total. The van der Waals surface area contributed by atoms with Crippen LogP contribution in [0.2, 0.25) is 0 Å². The first-order valence-electron chi connectivity index (χ1n) is 11.4. The first-order chi connectivity index (χ1) is 15.2. The molecule has 2 aliphatic rings. The van der Waals surface area contributed by atoms with E-state index in [4.69, 9.17) is 9.47 Å². The second-order valence-electron chi connectivity index (χ2n) is 8.97. The van der Waals surface area contributed by atoms with Gasteiger partial charge in [0.05, 0.1) is 17.7 Å². The molecule has 0 unspecified atom stereocenters. The monoisotopic (exact) mass is 445 g/mol. The van der Waals surface area contributed by atoms with Gasteiger partial charge in [-0.3, -0.25) is 14.4 Å². The zero-order chi connectivity index (χ0) is 23.4. The molecule has 1 aliphatic heterocycles. The van der Waals surface area contributed by atoms with E-state index >= 15 is 0 Å². The Morgan fingerprint density at radius 2 is 1.94 bits per heavy atom. The molecule has 3 amide bonds. The van der Waals surface area contributed by atoms with Gasteiger partial charge in [0.15, 0.2) is 0 Å². The van der Waals surface area contributed by atoms with Crippen molar-refractivity contribution in [2.75, 3.05) is 39.2 Å². The minimum absolute atomic E-state index is 0.0181. The number of ether oxygens (including phenoxy) is 2. The van der Waals surface area contributed by atoms with E-state index < -0.39 is 0 Å². The molecule has 0 radical (unpaired) electrons. The molecular weight excluding hydrogens is 410 g/mol. The maximum absolute atomic E-state index is 13.3. The van der Waals surface area contributed by atoms with Crippen LogP contribution >= 0.6 is 0 Å². The van der Waals surface area contributed by atoms with Crippen LogP contribution in [0.15, 0.2) is 18.2 Å². The Kier molecular flexibility index (Phi) is 7.77. The summed E-state index contributed by atoms with van der Waals surface area (Å²) in [6.45, 7) is 6.98. The zero-order valence-electron chi connectivity index (χ0n) is 19.7. The van der Waals surface area contributed by atoms with Crippen LogP contribution in [-0.4, -0.2) is 73.5 Å². The molecule has 3 atom stereocenters. The normalized spacial score (nSPS) is 24.7. The third kappa shape index (κ3) is 5.59. The molecule has 176 valence electrons. The minimum Gasteiger partial charge on any atom is -0.491 e. The topological polar surface area (TPSA) is 88.2 Å². The molecule has 32 heavy (non-hydrogen) atoms. The predicted octanol–water partition coefficient (Wildman–Crippen LogP) is 2.78. The SMILES string of the molecule is CCC(=O)N1C[C@H](C)[C@@H](OC)CN(C)C(=O)c2cc(NC(=O)C3CC3)ccc2OC[C@H]1C. The lowest BCUT2D eigenvalue weighted by atomic mass is 10.0. The van der Waals surface area contributed by atoms with Crippen LogP contribution in [0, 0.1) is 11.8 Å². The standard InChI is InChI=1S/C24H35N3O5/c1-6-22(28)27-12-15(2)21(31-5)13-26(4)24(30)19-11-18(25-23(29)17-7-8-17)9-10-20(19)32-14-16(27)3/h9-11,15-17,21H,6-8,12-14H2,1-5H3,(H,25,29)/t15-,16+,21-/m0/s1. The molecule has 1 fully saturated rings. The van der Waals surface area contributed by atoms with E-state index in [1.54, 1.807) is 37.3 Å². The fraction of sp³-hybridized carbons (Fsp3) is 0.625. The number of carbonyl (C=O) groups excluding carboxylic acids is 3. The number of fused-ring (bicyclic) bond motifs is 1. The average molecular weight is 446 g/mol. The van der Waals surface area contributed by atoms with Crippen LogP contribution in [0.1, 0.15) is 50.4 Å². The van der Waals surface area contributed by atoms with Gasteiger partial charge in [0.1, 0.15) is 12.4 Å². The van der Waals surface area contributed by atoms with E-state index in [-0.39, 0.29) is 48.3 Å². The molecule has 3 rings (SSSR count). The predicted molar refractivity (Wildman–Crippen MR) is 122 cm³/mol. The van der Waals surface area contributed by atoms with Gasteiger partial charge in [-0.1, -0.05) is 13.8 Å². The van der Waals surface area contributed by atoms with E-state index in [0.29, 0.717) is 36.5 Å². The van der Waals surface area contributed by atoms with Gasteiger partial charge in [-0.25, -0.2) is 0 Å². The third-order valence-electron chi connectivity index (χ3n) is 6.28. The first-order valence-corrected chi connectivity index (χ1v) is 11.4. The summed E-state index contributed by atoms with van der Waals surface area (Å²) < 4.78 is 11.7. The lowest BCUT2D eigenvalue weighted by molar-refractivity contribution is -0.135. The van der Waals surface area contributed by atoms with Crippen LogP contribution in [-0.2, 0) is 14.3 Å². The van der Waals surface area contributed by atoms with E-state index in [0.717, 1.165) is 12.8 Å². The number of nitrogens with zero attached hydrogens (tertiary/aromatic N) is 2. The smallest absolute Gasteiger partial charge is 0.257 e. The Bertz CT molecular complexity index is 854. The van der Waals surface area contributed by atoms with E-state index in [2.05, 4.69) is 5.32 Å². The summed E-state index contributed by atoms with van der Waals surface area (Å²) in [5.74, 6) is 0.364. The number of methoxy groups -OCH3 is 1. The van der Waals surface area contributed by atoms with Gasteiger partial charge < -0.3 is 24.6 Å². The van der Waals surface area contributed by atoms with Crippen molar-refractivity contribution in [1.82, 2.24) is 9.80 Å². The Hall–Kier alpha value is -2.61. The highest BCUT2D eigenvalue weighted by Crippen LogP contribution is 2.31. The Morgan fingerprint density at radius 1 is 1.22 bits per heavy atom. The fourth-order valence-electron chi connectivity index (χ4n) is 3.99. The molecule has 0 bridgehead atoms. The van der Waals surface area contributed by atoms with Crippen molar-refractivity contribution in [3.05, 3.63) is 23.8 Å². The molecular formula is C24H35N3O5. The number of rotatable bonds is 4. The number of likely N-dealkylation sites (N-methyl/N-ethyl adjacent to an activating group) is 1. The number of hydrogen-bond donors (Lipinski definition) is 1. The van der Waals surface area contributed by atoms with Crippen molar-refractivity contribution in [1.29, 1.82) is 0 Å². The molecule has 1 aromatic carbocycles. The molecule has 0 aromatic heterocycles. The largest absolute Gasteiger partial charge is 0.491 e. The number of benzene rings is 1. The highest BCUT2D eigenvalue weighted by atomic mass is 16.5. The lowest BCUT2D eigenvalue weighted by Crippen LogP contribution is -2.48. The first kappa shape index (κ1) is 24.0. The van der Waals surface area contributed by atoms with Crippen LogP contribution < -0.4 is 10.1 Å². The Balaban J connectivity index is 1.93. The van der Waals surface area contributed by atoms with Crippen LogP contribution in [0.25, 0.3) is 0 Å². The molecule has 8 heteroatoms. The van der Waals surface area contributed by atoms with Gasteiger partial charge in [0.25, 0.3) is 5.91 Å². The van der Waals surface area contributed by atoms with Crippen molar-refractivity contribution >= 4 is 23.4 Å². The zero-order valence-corrected chi connectivity index (χ0v) is 19.7. The van der Waals surface area contributed by atoms with E-state index in [1.807, 2.05) is 25.7 Å². The summed E-state index contributed by atoms with van der Waals surface area (Å²) in [6.07, 6.45) is 1.99.